The smallest absolute Gasteiger partial charge is 0.306 e. The molecule has 33 heavy (non-hydrogen) atoms. The van der Waals surface area contributed by atoms with Crippen LogP contribution in [0.15, 0.2) is 30.4 Å². The van der Waals surface area contributed by atoms with Gasteiger partial charge >= 0.3 is 5.97 Å². The maximum absolute atomic E-state index is 12.9. The van der Waals surface area contributed by atoms with E-state index >= 15 is 0 Å². The number of amides is 2. The van der Waals surface area contributed by atoms with Gasteiger partial charge in [0.2, 0.25) is 11.8 Å². The third-order valence-electron chi connectivity index (χ3n) is 8.21. The van der Waals surface area contributed by atoms with Crippen LogP contribution in [0, 0.1) is 49.4 Å². The minimum absolute atomic E-state index is 0.0129. The van der Waals surface area contributed by atoms with Gasteiger partial charge in [0, 0.05) is 18.5 Å². The van der Waals surface area contributed by atoms with E-state index in [1.165, 1.54) is 11.3 Å². The molecule has 4 aliphatic carbocycles. The van der Waals surface area contributed by atoms with Crippen LogP contribution in [0.3, 0.4) is 0 Å². The topological polar surface area (TPSA) is 80.8 Å². The summed E-state index contributed by atoms with van der Waals surface area (Å²) in [5.74, 6) is 0.894. The Labute approximate surface area is 194 Å². The molecular formula is C27H31NO5. The molecule has 0 N–H and O–H groups in total. The molecule has 2 amide bonds. The molecule has 3 fully saturated rings. The molecule has 0 radical (unpaired) electrons. The lowest BCUT2D eigenvalue weighted by Crippen LogP contribution is -2.40. The number of rotatable bonds is 9. The Bertz CT molecular complexity index is 1010. The molecule has 0 spiro atoms. The number of hydrogen-bond donors (Lipinski definition) is 0. The fraction of sp³-hybridized carbons (Fsp3) is 0.556. The summed E-state index contributed by atoms with van der Waals surface area (Å²) in [4.78, 5) is 51.6. The van der Waals surface area contributed by atoms with Gasteiger partial charge in [-0.15, -0.1) is 0 Å². The average molecular weight is 450 g/mol. The number of benzene rings is 1. The number of ether oxygens (including phenoxy) is 1. The Balaban J connectivity index is 1.02. The van der Waals surface area contributed by atoms with E-state index in [-0.39, 0.29) is 54.3 Å². The Morgan fingerprint density at radius 1 is 0.939 bits per heavy atom. The van der Waals surface area contributed by atoms with Crippen molar-refractivity contribution in [2.24, 2.45) is 35.5 Å². The van der Waals surface area contributed by atoms with Crippen LogP contribution in [-0.2, 0) is 19.1 Å². The highest BCUT2D eigenvalue weighted by molar-refractivity contribution is 6.06. The Kier molecular flexibility index (Phi) is 5.71. The minimum Gasteiger partial charge on any atom is -0.457 e. The molecule has 6 heteroatoms. The van der Waals surface area contributed by atoms with Crippen LogP contribution in [0.25, 0.3) is 0 Å². The number of hydrogen-bond acceptors (Lipinski definition) is 5. The standard InChI is InChI=1S/C27H31NO5/c1-15-7-8-17(12-16(15)2)22(29)14-33-23(30)6-4-3-5-11-28-26(31)24-18-9-10-19(21-13-20(18)21)25(24)27(28)32/h7-10,12,18-21,24-25H,3-6,11,13-14H2,1-2H3/t18-,19-,20-,21-,24+,25+/m1/s1. The molecule has 0 aromatic heterocycles. The Morgan fingerprint density at radius 2 is 1.61 bits per heavy atom. The van der Waals surface area contributed by atoms with Crippen LogP contribution < -0.4 is 0 Å². The highest BCUT2D eigenvalue weighted by Crippen LogP contribution is 2.65. The van der Waals surface area contributed by atoms with Gasteiger partial charge in [-0.1, -0.05) is 30.7 Å². The van der Waals surface area contributed by atoms with Crippen LogP contribution in [0.2, 0.25) is 0 Å². The summed E-state index contributed by atoms with van der Waals surface area (Å²) < 4.78 is 5.14. The summed E-state index contributed by atoms with van der Waals surface area (Å²) in [6.07, 6.45) is 7.78. The second-order valence-corrected chi connectivity index (χ2v) is 10.2. The number of aryl methyl sites for hydroxylation is 2. The molecule has 2 bridgehead atoms. The van der Waals surface area contributed by atoms with Crippen molar-refractivity contribution in [2.45, 2.75) is 46.0 Å². The third-order valence-corrected chi connectivity index (χ3v) is 8.21. The van der Waals surface area contributed by atoms with Crippen LogP contribution in [0.1, 0.15) is 53.6 Å². The largest absolute Gasteiger partial charge is 0.457 e. The molecule has 1 saturated heterocycles. The lowest BCUT2D eigenvalue weighted by molar-refractivity contribution is -0.143. The van der Waals surface area contributed by atoms with E-state index in [1.807, 2.05) is 26.0 Å². The molecule has 6 nitrogen and oxygen atoms in total. The molecule has 6 rings (SSSR count). The highest BCUT2D eigenvalue weighted by atomic mass is 16.5. The van der Waals surface area contributed by atoms with Gasteiger partial charge in [-0.25, -0.2) is 0 Å². The number of unbranched alkanes of at least 4 members (excludes halogenated alkanes) is 2. The first-order valence-corrected chi connectivity index (χ1v) is 12.2. The molecule has 0 unspecified atom stereocenters. The van der Waals surface area contributed by atoms with Gasteiger partial charge in [-0.2, -0.15) is 0 Å². The van der Waals surface area contributed by atoms with Crippen LogP contribution in [-0.4, -0.2) is 41.6 Å². The number of Topliss-reactive ketones (excluding diaryl/α,β-unsaturated/α-hetero) is 1. The first-order valence-electron chi connectivity index (χ1n) is 12.2. The molecule has 1 heterocycles. The van der Waals surface area contributed by atoms with Crippen molar-refractivity contribution >= 4 is 23.6 Å². The number of carbonyl (C=O) groups is 4. The summed E-state index contributed by atoms with van der Waals surface area (Å²) >= 11 is 0. The van der Waals surface area contributed by atoms with E-state index in [0.29, 0.717) is 36.8 Å². The molecule has 6 atom stereocenters. The predicted molar refractivity (Wildman–Crippen MR) is 121 cm³/mol. The van der Waals surface area contributed by atoms with E-state index in [0.717, 1.165) is 17.5 Å². The van der Waals surface area contributed by atoms with Crippen molar-refractivity contribution in [1.82, 2.24) is 4.90 Å². The number of nitrogens with zero attached hydrogens (tertiary/aromatic N) is 1. The Morgan fingerprint density at radius 3 is 2.24 bits per heavy atom. The number of likely N-dealkylation sites (tertiary alicyclic amines) is 1. The SMILES string of the molecule is Cc1ccc(C(=O)COC(=O)CCCCCN2C(=O)[C@H]3[C@@H]4C=C[C@H]([C@H]5C[C@H]45)[C@@H]3C2=O)cc1C. The summed E-state index contributed by atoms with van der Waals surface area (Å²) in [5.41, 5.74) is 2.69. The number of esters is 1. The van der Waals surface area contributed by atoms with Crippen molar-refractivity contribution in [3.05, 3.63) is 47.0 Å². The van der Waals surface area contributed by atoms with Crippen LogP contribution >= 0.6 is 0 Å². The fourth-order valence-electron chi connectivity index (χ4n) is 6.17. The summed E-state index contributed by atoms with van der Waals surface area (Å²) in [7, 11) is 0. The number of carbonyl (C=O) groups excluding carboxylic acids is 4. The second-order valence-electron chi connectivity index (χ2n) is 10.2. The zero-order valence-corrected chi connectivity index (χ0v) is 19.3. The van der Waals surface area contributed by atoms with Gasteiger partial charge in [0.15, 0.2) is 12.4 Å². The fourth-order valence-corrected chi connectivity index (χ4v) is 6.17. The van der Waals surface area contributed by atoms with Gasteiger partial charge in [0.05, 0.1) is 11.8 Å². The Hall–Kier alpha value is -2.76. The lowest BCUT2D eigenvalue weighted by atomic mass is 9.63. The van der Waals surface area contributed by atoms with E-state index < -0.39 is 5.97 Å². The zero-order valence-electron chi connectivity index (χ0n) is 19.3. The third kappa shape index (κ3) is 3.94. The van der Waals surface area contributed by atoms with Crippen molar-refractivity contribution in [3.8, 4) is 0 Å². The van der Waals surface area contributed by atoms with Crippen molar-refractivity contribution < 1.29 is 23.9 Å². The maximum atomic E-state index is 12.9. The van der Waals surface area contributed by atoms with E-state index in [4.69, 9.17) is 4.74 Å². The summed E-state index contributed by atoms with van der Waals surface area (Å²) in [5, 5.41) is 0. The predicted octanol–water partition coefficient (Wildman–Crippen LogP) is 3.64. The van der Waals surface area contributed by atoms with Crippen LogP contribution in [0.5, 0.6) is 0 Å². The first-order chi connectivity index (χ1) is 15.9. The first kappa shape index (κ1) is 22.1. The molecule has 1 aliphatic heterocycles. The lowest BCUT2D eigenvalue weighted by Gasteiger charge is -2.37. The maximum Gasteiger partial charge on any atom is 0.306 e. The van der Waals surface area contributed by atoms with E-state index in [9.17, 15) is 19.2 Å². The van der Waals surface area contributed by atoms with Crippen molar-refractivity contribution in [3.63, 3.8) is 0 Å². The quantitative estimate of drug-likeness (QED) is 0.189. The molecule has 1 aromatic rings. The summed E-state index contributed by atoms with van der Waals surface area (Å²) in [6, 6.07) is 5.45. The molecular weight excluding hydrogens is 418 g/mol. The van der Waals surface area contributed by atoms with E-state index in [1.54, 1.807) is 6.07 Å². The molecule has 174 valence electrons. The van der Waals surface area contributed by atoms with E-state index in [2.05, 4.69) is 12.2 Å². The molecule has 5 aliphatic rings. The van der Waals surface area contributed by atoms with Gasteiger partial charge < -0.3 is 4.74 Å². The van der Waals surface area contributed by atoms with Gasteiger partial charge in [-0.05, 0) is 74.0 Å². The van der Waals surface area contributed by atoms with Gasteiger partial charge in [-0.3, -0.25) is 24.1 Å². The highest BCUT2D eigenvalue weighted by Gasteiger charge is 2.66. The normalized spacial score (nSPS) is 30.9. The zero-order chi connectivity index (χ0) is 23.3. The second kappa shape index (κ2) is 8.54. The molecule has 1 aromatic carbocycles. The monoisotopic (exact) mass is 449 g/mol. The number of allylic oxidation sites excluding steroid dienone is 2. The van der Waals surface area contributed by atoms with Gasteiger partial charge in [0.25, 0.3) is 0 Å². The molecule has 2 saturated carbocycles. The minimum atomic E-state index is -0.395. The van der Waals surface area contributed by atoms with Crippen molar-refractivity contribution in [1.29, 1.82) is 0 Å². The van der Waals surface area contributed by atoms with Crippen molar-refractivity contribution in [2.75, 3.05) is 13.2 Å². The van der Waals surface area contributed by atoms with Crippen LogP contribution in [0.4, 0.5) is 0 Å². The van der Waals surface area contributed by atoms with Gasteiger partial charge in [0.1, 0.15) is 0 Å². The summed E-state index contributed by atoms with van der Waals surface area (Å²) in [6.45, 7) is 4.10. The number of ketones is 1. The number of imide groups is 1. The average Bonchev–Trinajstić information content (AvgIpc) is 3.59.